The Hall–Kier alpha value is -2.98. The molecule has 0 bridgehead atoms. The molecule has 1 aromatic heterocycles. The fourth-order valence-electron chi connectivity index (χ4n) is 2.37. The van der Waals surface area contributed by atoms with E-state index in [1.165, 1.54) is 37.4 Å². The molecule has 0 aliphatic heterocycles. The van der Waals surface area contributed by atoms with Crippen molar-refractivity contribution in [1.82, 2.24) is 24.9 Å². The van der Waals surface area contributed by atoms with Crippen LogP contribution in [0, 0.1) is 0 Å². The average molecular weight is 375 g/mol. The smallest absolute Gasteiger partial charge is 0.244 e. The highest BCUT2D eigenvalue weighted by atomic mass is 32.2. The maximum absolute atomic E-state index is 12.8. The number of nitrogens with one attached hydrogen (secondary N) is 1. The summed E-state index contributed by atoms with van der Waals surface area (Å²) >= 11 is 0. The van der Waals surface area contributed by atoms with E-state index in [9.17, 15) is 8.42 Å². The van der Waals surface area contributed by atoms with Gasteiger partial charge >= 0.3 is 0 Å². The number of benzene rings is 2. The molecule has 9 nitrogen and oxygen atoms in total. The third-order valence-corrected chi connectivity index (χ3v) is 5.08. The number of sulfonamides is 1. The summed E-state index contributed by atoms with van der Waals surface area (Å²) in [6, 6.07) is 12.1. The van der Waals surface area contributed by atoms with Crippen LogP contribution in [0.5, 0.6) is 11.5 Å². The van der Waals surface area contributed by atoms with Crippen molar-refractivity contribution in [3.63, 3.8) is 0 Å². The SMILES string of the molecule is COc1cc(S(=O)(=O)NCc2ccccc2)c(OC)cc1-n1cnnn1. The summed E-state index contributed by atoms with van der Waals surface area (Å²) in [7, 11) is -1.01. The first-order chi connectivity index (χ1) is 12.5. The molecule has 0 aliphatic rings. The van der Waals surface area contributed by atoms with Gasteiger partial charge in [0.1, 0.15) is 28.4 Å². The van der Waals surface area contributed by atoms with Gasteiger partial charge in [0, 0.05) is 18.7 Å². The Morgan fingerprint density at radius 3 is 2.42 bits per heavy atom. The summed E-state index contributed by atoms with van der Waals surface area (Å²) in [6.45, 7) is 0.156. The molecule has 0 aliphatic carbocycles. The Balaban J connectivity index is 1.98. The van der Waals surface area contributed by atoms with E-state index in [-0.39, 0.29) is 22.9 Å². The Labute approximate surface area is 150 Å². The molecule has 10 heteroatoms. The fraction of sp³-hybridized carbons (Fsp3) is 0.188. The zero-order valence-corrected chi connectivity index (χ0v) is 15.0. The van der Waals surface area contributed by atoms with E-state index >= 15 is 0 Å². The summed E-state index contributed by atoms with van der Waals surface area (Å²) in [5.41, 5.74) is 1.30. The zero-order chi connectivity index (χ0) is 18.6. The van der Waals surface area contributed by atoms with Gasteiger partial charge in [0.15, 0.2) is 0 Å². The molecule has 3 rings (SSSR count). The second-order valence-electron chi connectivity index (χ2n) is 5.24. The molecule has 3 aromatic rings. The van der Waals surface area contributed by atoms with Crippen molar-refractivity contribution < 1.29 is 17.9 Å². The van der Waals surface area contributed by atoms with Crippen LogP contribution in [0.3, 0.4) is 0 Å². The number of aromatic nitrogens is 4. The number of ether oxygens (including phenoxy) is 2. The third kappa shape index (κ3) is 3.65. The van der Waals surface area contributed by atoms with Gasteiger partial charge in [-0.3, -0.25) is 0 Å². The fourth-order valence-corrected chi connectivity index (χ4v) is 3.55. The number of methoxy groups -OCH3 is 2. The first-order valence-electron chi connectivity index (χ1n) is 7.58. The minimum absolute atomic E-state index is 0.0374. The lowest BCUT2D eigenvalue weighted by atomic mass is 10.2. The molecular formula is C16H17N5O4S. The second-order valence-corrected chi connectivity index (χ2v) is 6.97. The standard InChI is InChI=1S/C16H17N5O4S/c1-24-14-9-16(15(25-2)8-13(14)21-11-17-19-20-21)26(22,23)18-10-12-6-4-3-5-7-12/h3-9,11,18H,10H2,1-2H3. The predicted octanol–water partition coefficient (Wildman–Crippen LogP) is 1.16. The highest BCUT2D eigenvalue weighted by Gasteiger charge is 2.23. The molecule has 26 heavy (non-hydrogen) atoms. The van der Waals surface area contributed by atoms with Gasteiger partial charge in [0.25, 0.3) is 0 Å². The summed E-state index contributed by atoms with van der Waals surface area (Å²) in [4.78, 5) is -0.0374. The van der Waals surface area contributed by atoms with E-state index in [4.69, 9.17) is 9.47 Å². The summed E-state index contributed by atoms with van der Waals surface area (Å²) < 4.78 is 40.0. The number of tetrazole rings is 1. The van der Waals surface area contributed by atoms with E-state index in [1.54, 1.807) is 0 Å². The molecule has 0 amide bonds. The van der Waals surface area contributed by atoms with Crippen LogP contribution in [0.25, 0.3) is 5.69 Å². The van der Waals surface area contributed by atoms with Crippen LogP contribution < -0.4 is 14.2 Å². The molecule has 1 N–H and O–H groups in total. The Kier molecular flexibility index (Phi) is 5.14. The van der Waals surface area contributed by atoms with Gasteiger partial charge in [-0.05, 0) is 16.0 Å². The molecule has 0 radical (unpaired) electrons. The van der Waals surface area contributed by atoms with Crippen LogP contribution in [-0.4, -0.2) is 42.8 Å². The average Bonchev–Trinajstić information content (AvgIpc) is 3.20. The van der Waals surface area contributed by atoms with Crippen LogP contribution in [0.2, 0.25) is 0 Å². The molecule has 0 fully saturated rings. The van der Waals surface area contributed by atoms with Crippen LogP contribution in [0.4, 0.5) is 0 Å². The summed E-state index contributed by atoms with van der Waals surface area (Å²) in [5.74, 6) is 0.440. The molecule has 2 aromatic carbocycles. The second kappa shape index (κ2) is 7.50. The lowest BCUT2D eigenvalue weighted by molar-refractivity contribution is 0.389. The van der Waals surface area contributed by atoms with Crippen LogP contribution in [0.15, 0.2) is 53.7 Å². The lowest BCUT2D eigenvalue weighted by Gasteiger charge is -2.15. The zero-order valence-electron chi connectivity index (χ0n) is 14.2. The third-order valence-electron chi connectivity index (χ3n) is 3.66. The molecule has 0 unspecified atom stereocenters. The monoisotopic (exact) mass is 375 g/mol. The van der Waals surface area contributed by atoms with Crippen LogP contribution >= 0.6 is 0 Å². The van der Waals surface area contributed by atoms with Crippen molar-refractivity contribution in [2.24, 2.45) is 0 Å². The Morgan fingerprint density at radius 2 is 1.81 bits per heavy atom. The molecule has 1 heterocycles. The first-order valence-corrected chi connectivity index (χ1v) is 9.06. The number of hydrogen-bond donors (Lipinski definition) is 1. The van der Waals surface area contributed by atoms with Gasteiger partial charge in [-0.1, -0.05) is 30.3 Å². The van der Waals surface area contributed by atoms with E-state index in [2.05, 4.69) is 20.2 Å². The summed E-state index contributed by atoms with van der Waals surface area (Å²) in [5, 5.41) is 10.9. The van der Waals surface area contributed by atoms with Gasteiger partial charge in [0.05, 0.1) is 14.2 Å². The van der Waals surface area contributed by atoms with Gasteiger partial charge in [0.2, 0.25) is 10.0 Å². The van der Waals surface area contributed by atoms with Gasteiger partial charge in [-0.2, -0.15) is 4.68 Å². The molecular weight excluding hydrogens is 358 g/mol. The van der Waals surface area contributed by atoms with E-state index < -0.39 is 10.0 Å². The van der Waals surface area contributed by atoms with Crippen molar-refractivity contribution in [2.75, 3.05) is 14.2 Å². The maximum atomic E-state index is 12.8. The van der Waals surface area contributed by atoms with Crippen molar-refractivity contribution in [1.29, 1.82) is 0 Å². The maximum Gasteiger partial charge on any atom is 0.244 e. The van der Waals surface area contributed by atoms with Gasteiger partial charge in [-0.25, -0.2) is 13.1 Å². The summed E-state index contributed by atoms with van der Waals surface area (Å²) in [6.07, 6.45) is 1.37. The minimum Gasteiger partial charge on any atom is -0.495 e. The highest BCUT2D eigenvalue weighted by Crippen LogP contribution is 2.33. The van der Waals surface area contributed by atoms with E-state index in [0.717, 1.165) is 5.56 Å². The lowest BCUT2D eigenvalue weighted by Crippen LogP contribution is -2.24. The van der Waals surface area contributed by atoms with Crippen LogP contribution in [-0.2, 0) is 16.6 Å². The van der Waals surface area contributed by atoms with Crippen molar-refractivity contribution in [2.45, 2.75) is 11.4 Å². The Morgan fingerprint density at radius 1 is 1.08 bits per heavy atom. The molecule has 0 saturated heterocycles. The Bertz CT molecular complexity index is 975. The number of nitrogens with zero attached hydrogens (tertiary/aromatic N) is 4. The predicted molar refractivity (Wildman–Crippen MR) is 92.7 cm³/mol. The van der Waals surface area contributed by atoms with Crippen molar-refractivity contribution in [3.8, 4) is 17.2 Å². The number of rotatable bonds is 7. The normalized spacial score (nSPS) is 11.3. The quantitative estimate of drug-likeness (QED) is 0.660. The minimum atomic E-state index is -3.84. The van der Waals surface area contributed by atoms with Gasteiger partial charge in [-0.15, -0.1) is 5.10 Å². The molecule has 0 spiro atoms. The van der Waals surface area contributed by atoms with Crippen molar-refractivity contribution in [3.05, 3.63) is 54.4 Å². The van der Waals surface area contributed by atoms with Crippen molar-refractivity contribution >= 4 is 10.0 Å². The molecule has 0 atom stereocenters. The molecule has 0 saturated carbocycles. The molecule has 136 valence electrons. The van der Waals surface area contributed by atoms with E-state index in [0.29, 0.717) is 5.69 Å². The largest absolute Gasteiger partial charge is 0.495 e. The number of hydrogen-bond acceptors (Lipinski definition) is 7. The van der Waals surface area contributed by atoms with Crippen LogP contribution in [0.1, 0.15) is 5.56 Å². The van der Waals surface area contributed by atoms with Gasteiger partial charge < -0.3 is 9.47 Å². The topological polar surface area (TPSA) is 108 Å². The first kappa shape index (κ1) is 17.8. The highest BCUT2D eigenvalue weighted by molar-refractivity contribution is 7.89. The van der Waals surface area contributed by atoms with E-state index in [1.807, 2.05) is 30.3 Å².